The van der Waals surface area contributed by atoms with E-state index in [4.69, 9.17) is 37.5 Å². The van der Waals surface area contributed by atoms with Crippen LogP contribution in [-0.2, 0) is 13.1 Å². The summed E-state index contributed by atoms with van der Waals surface area (Å²) in [6.07, 6.45) is 38.9. The summed E-state index contributed by atoms with van der Waals surface area (Å²) in [5.41, 5.74) is 0. The second kappa shape index (κ2) is 27.9. The van der Waals surface area contributed by atoms with Crippen molar-refractivity contribution in [2.45, 2.75) is 217 Å². The SMILES string of the molecule is CCCCCCCCCCCCCCCCn1c(S)c(S)n(CCCCCCCCCCCCCCCC)c1=S. The molecule has 40 heavy (non-hydrogen) atoms. The first kappa shape index (κ1) is 38.2. The Morgan fingerprint density at radius 3 is 0.800 bits per heavy atom. The molecule has 0 saturated heterocycles. The smallest absolute Gasteiger partial charge is 0.181 e. The monoisotopic (exact) mass is 612 g/mol. The van der Waals surface area contributed by atoms with Crippen molar-refractivity contribution in [2.75, 3.05) is 0 Å². The fourth-order valence-electron chi connectivity index (χ4n) is 5.90. The Bertz CT molecular complexity index is 681. The molecule has 0 saturated carbocycles. The van der Waals surface area contributed by atoms with Crippen LogP contribution in [-0.4, -0.2) is 9.13 Å². The highest BCUT2D eigenvalue weighted by Gasteiger charge is 2.12. The molecule has 0 atom stereocenters. The number of hydrogen-bond acceptors (Lipinski definition) is 3. The number of hydrogen-bond donors (Lipinski definition) is 2. The van der Waals surface area contributed by atoms with E-state index >= 15 is 0 Å². The van der Waals surface area contributed by atoms with Crippen LogP contribution in [0.5, 0.6) is 0 Å². The second-order valence-electron chi connectivity index (χ2n) is 12.4. The van der Waals surface area contributed by atoms with E-state index in [2.05, 4.69) is 23.0 Å². The van der Waals surface area contributed by atoms with Crippen molar-refractivity contribution in [1.82, 2.24) is 9.13 Å². The van der Waals surface area contributed by atoms with Crippen LogP contribution in [0.3, 0.4) is 0 Å². The summed E-state index contributed by atoms with van der Waals surface area (Å²) in [5.74, 6) is 0. The molecule has 1 aromatic rings. The van der Waals surface area contributed by atoms with Crippen molar-refractivity contribution in [3.8, 4) is 0 Å². The number of unbranched alkanes of at least 4 members (excludes halogenated alkanes) is 26. The lowest BCUT2D eigenvalue weighted by Gasteiger charge is -2.07. The summed E-state index contributed by atoms with van der Waals surface area (Å²) < 4.78 is 5.34. The standard InChI is InChI=1S/C35H68N2S3/c1-3-5-7-9-11-13-15-17-19-21-23-25-27-29-31-36-33(38)34(39)37(35(36)40)32-30-28-26-24-22-20-18-16-14-12-10-8-6-4-2/h38-39H,3-32H2,1-2H3. The molecule has 0 amide bonds. The van der Waals surface area contributed by atoms with Crippen LogP contribution in [0, 0.1) is 4.77 Å². The zero-order chi connectivity index (χ0) is 29.1. The van der Waals surface area contributed by atoms with Crippen LogP contribution in [0.2, 0.25) is 0 Å². The van der Waals surface area contributed by atoms with Crippen molar-refractivity contribution >= 4 is 37.5 Å². The van der Waals surface area contributed by atoms with Crippen LogP contribution in [0.25, 0.3) is 0 Å². The number of aromatic nitrogens is 2. The van der Waals surface area contributed by atoms with Gasteiger partial charge in [0.15, 0.2) is 4.77 Å². The number of thiol groups is 2. The summed E-state index contributed by atoms with van der Waals surface area (Å²) in [5, 5.41) is 1.90. The topological polar surface area (TPSA) is 9.86 Å². The lowest BCUT2D eigenvalue weighted by molar-refractivity contribution is 0.506. The molecule has 0 aromatic carbocycles. The predicted molar refractivity (Wildman–Crippen MR) is 188 cm³/mol. The first-order valence-corrected chi connectivity index (χ1v) is 19.1. The molecule has 0 aliphatic rings. The molecule has 2 nitrogen and oxygen atoms in total. The summed E-state index contributed by atoms with van der Waals surface area (Å²) in [4.78, 5) is 0. The summed E-state index contributed by atoms with van der Waals surface area (Å²) in [6.45, 7) is 6.55. The zero-order valence-electron chi connectivity index (χ0n) is 26.9. The van der Waals surface area contributed by atoms with Gasteiger partial charge in [-0.3, -0.25) is 0 Å². The minimum absolute atomic E-state index is 0.916. The minimum atomic E-state index is 0.916. The van der Waals surface area contributed by atoms with Gasteiger partial charge in [-0.2, -0.15) is 0 Å². The fourth-order valence-corrected chi connectivity index (χ4v) is 7.03. The normalized spacial score (nSPS) is 11.6. The molecule has 0 unspecified atom stereocenters. The molecule has 1 rings (SSSR count). The molecule has 1 heterocycles. The van der Waals surface area contributed by atoms with Crippen LogP contribution < -0.4 is 0 Å². The van der Waals surface area contributed by atoms with E-state index in [-0.39, 0.29) is 0 Å². The average molecular weight is 613 g/mol. The molecule has 0 aliphatic carbocycles. The van der Waals surface area contributed by atoms with Crippen LogP contribution in [0.15, 0.2) is 10.1 Å². The van der Waals surface area contributed by atoms with Crippen molar-refractivity contribution in [3.05, 3.63) is 4.77 Å². The summed E-state index contributed by atoms with van der Waals surface area (Å²) in [7, 11) is 0. The maximum atomic E-state index is 5.83. The quantitative estimate of drug-likeness (QED) is 0.0499. The molecular formula is C35H68N2S3. The van der Waals surface area contributed by atoms with Gasteiger partial charge in [0.05, 0.1) is 0 Å². The molecule has 0 bridgehead atoms. The maximum Gasteiger partial charge on any atom is 0.181 e. The van der Waals surface area contributed by atoms with Gasteiger partial charge in [0.1, 0.15) is 10.1 Å². The molecule has 0 radical (unpaired) electrons. The van der Waals surface area contributed by atoms with E-state index < -0.39 is 0 Å². The highest BCUT2D eigenvalue weighted by Crippen LogP contribution is 2.24. The lowest BCUT2D eigenvalue weighted by atomic mass is 10.0. The fraction of sp³-hybridized carbons (Fsp3) is 0.914. The highest BCUT2D eigenvalue weighted by atomic mass is 32.1. The zero-order valence-corrected chi connectivity index (χ0v) is 29.5. The van der Waals surface area contributed by atoms with Crippen LogP contribution >= 0.6 is 37.5 Å². The largest absolute Gasteiger partial charge is 0.311 e. The molecule has 0 fully saturated rings. The molecule has 0 aliphatic heterocycles. The van der Waals surface area contributed by atoms with Crippen LogP contribution in [0.1, 0.15) is 194 Å². The maximum absolute atomic E-state index is 5.83. The number of imidazole rings is 1. The Balaban J connectivity index is 2.04. The third-order valence-corrected chi connectivity index (χ3v) is 10.2. The Labute approximate surface area is 267 Å². The average Bonchev–Trinajstić information content (AvgIpc) is 3.15. The van der Waals surface area contributed by atoms with Gasteiger partial charge in [-0.15, -0.1) is 25.3 Å². The Morgan fingerprint density at radius 2 is 0.575 bits per heavy atom. The van der Waals surface area contributed by atoms with Crippen molar-refractivity contribution in [3.63, 3.8) is 0 Å². The first-order valence-electron chi connectivity index (χ1n) is 17.8. The predicted octanol–water partition coefficient (Wildman–Crippen LogP) is 13.6. The Kier molecular flexibility index (Phi) is 26.6. The van der Waals surface area contributed by atoms with Crippen molar-refractivity contribution in [1.29, 1.82) is 0 Å². The van der Waals surface area contributed by atoms with Crippen molar-refractivity contribution < 1.29 is 0 Å². The van der Waals surface area contributed by atoms with Gasteiger partial charge in [0.2, 0.25) is 0 Å². The third kappa shape index (κ3) is 19.3. The highest BCUT2D eigenvalue weighted by molar-refractivity contribution is 7.83. The van der Waals surface area contributed by atoms with E-state index in [1.54, 1.807) is 0 Å². The van der Waals surface area contributed by atoms with Gasteiger partial charge in [0.25, 0.3) is 0 Å². The number of nitrogens with zero attached hydrogens (tertiary/aromatic N) is 2. The van der Waals surface area contributed by atoms with Gasteiger partial charge in [-0.25, -0.2) is 0 Å². The van der Waals surface area contributed by atoms with Crippen LogP contribution in [0.4, 0.5) is 0 Å². The van der Waals surface area contributed by atoms with Gasteiger partial charge < -0.3 is 9.13 Å². The third-order valence-electron chi connectivity index (χ3n) is 8.64. The summed E-state index contributed by atoms with van der Waals surface area (Å²) in [6, 6.07) is 0. The van der Waals surface area contributed by atoms with E-state index in [1.807, 2.05) is 0 Å². The lowest BCUT2D eigenvalue weighted by Crippen LogP contribution is -2.03. The molecule has 1 aromatic heterocycles. The molecule has 0 spiro atoms. The molecule has 236 valence electrons. The van der Waals surface area contributed by atoms with Gasteiger partial charge >= 0.3 is 0 Å². The van der Waals surface area contributed by atoms with E-state index in [0.717, 1.165) is 27.9 Å². The van der Waals surface area contributed by atoms with Crippen molar-refractivity contribution in [2.24, 2.45) is 0 Å². The Hall–Kier alpha value is 0.130. The van der Waals surface area contributed by atoms with Gasteiger partial charge in [-0.05, 0) is 25.1 Å². The Morgan fingerprint density at radius 1 is 0.375 bits per heavy atom. The van der Waals surface area contributed by atoms with Gasteiger partial charge in [0, 0.05) is 13.1 Å². The molecule has 5 heteroatoms. The molecular weight excluding hydrogens is 545 g/mol. The number of rotatable bonds is 30. The van der Waals surface area contributed by atoms with E-state index in [1.165, 1.54) is 180 Å². The summed E-state index contributed by atoms with van der Waals surface area (Å²) >= 11 is 15.4. The first-order chi connectivity index (χ1) is 19.6. The molecule has 0 N–H and O–H groups in total. The minimum Gasteiger partial charge on any atom is -0.311 e. The second-order valence-corrected chi connectivity index (χ2v) is 13.6. The van der Waals surface area contributed by atoms with E-state index in [9.17, 15) is 0 Å². The van der Waals surface area contributed by atoms with Gasteiger partial charge in [-0.1, -0.05) is 181 Å². The van der Waals surface area contributed by atoms with E-state index in [0.29, 0.717) is 0 Å².